The summed E-state index contributed by atoms with van der Waals surface area (Å²) < 4.78 is 42.3. The minimum atomic E-state index is -4.43. The van der Waals surface area contributed by atoms with Gasteiger partial charge in [-0.2, -0.15) is 11.3 Å². The van der Waals surface area contributed by atoms with Crippen molar-refractivity contribution < 1.29 is 32.9 Å². The zero-order chi connectivity index (χ0) is 20.6. The van der Waals surface area contributed by atoms with E-state index in [4.69, 9.17) is 0 Å². The van der Waals surface area contributed by atoms with Gasteiger partial charge in [0.2, 0.25) is 0 Å². The Balaban J connectivity index is 2.19. The topological polar surface area (TPSA) is 124 Å². The van der Waals surface area contributed by atoms with E-state index in [-0.39, 0.29) is 5.56 Å². The maximum absolute atomic E-state index is 14.6. The first-order valence-corrected chi connectivity index (χ1v) is 10.7. The average molecular weight is 488 g/mol. The Labute approximate surface area is 170 Å². The molecule has 0 aliphatic carbocycles. The van der Waals surface area contributed by atoms with Crippen molar-refractivity contribution in [3.8, 4) is 22.6 Å². The number of carboxylic acids is 1. The molecule has 11 heteroatoms. The molecule has 0 saturated heterocycles. The lowest BCUT2D eigenvalue weighted by Crippen LogP contribution is -2.15. The van der Waals surface area contributed by atoms with Crippen LogP contribution in [-0.4, -0.2) is 29.7 Å². The summed E-state index contributed by atoms with van der Waals surface area (Å²) in [5.41, 5.74) is -1.50. The lowest BCUT2D eigenvalue weighted by molar-refractivity contribution is 0.0688. The van der Waals surface area contributed by atoms with Crippen LogP contribution < -0.4 is 4.72 Å². The molecule has 28 heavy (non-hydrogen) atoms. The number of hydrogen-bond acceptors (Lipinski definition) is 6. The molecule has 0 fully saturated rings. The molecule has 3 aromatic rings. The number of rotatable bonds is 5. The largest absolute Gasteiger partial charge is 0.507 e. The van der Waals surface area contributed by atoms with E-state index in [2.05, 4.69) is 15.9 Å². The van der Waals surface area contributed by atoms with Crippen LogP contribution in [0.15, 0.2) is 50.5 Å². The molecule has 0 atom stereocenters. The molecule has 7 nitrogen and oxygen atoms in total. The van der Waals surface area contributed by atoms with Gasteiger partial charge in [-0.3, -0.25) is 4.72 Å². The van der Waals surface area contributed by atoms with Crippen molar-refractivity contribution in [2.24, 2.45) is 0 Å². The van der Waals surface area contributed by atoms with Crippen molar-refractivity contribution >= 4 is 48.9 Å². The maximum Gasteiger partial charge on any atom is 0.342 e. The predicted molar refractivity (Wildman–Crippen MR) is 105 cm³/mol. The fourth-order valence-electron chi connectivity index (χ4n) is 2.45. The fourth-order valence-corrected chi connectivity index (χ4v) is 4.80. The van der Waals surface area contributed by atoms with Gasteiger partial charge >= 0.3 is 5.97 Å². The van der Waals surface area contributed by atoms with Crippen molar-refractivity contribution in [1.82, 2.24) is 0 Å². The number of anilines is 1. The third kappa shape index (κ3) is 3.68. The zero-order valence-electron chi connectivity index (χ0n) is 13.7. The van der Waals surface area contributed by atoms with Crippen LogP contribution >= 0.6 is 27.3 Å². The highest BCUT2D eigenvalue weighted by atomic mass is 79.9. The summed E-state index contributed by atoms with van der Waals surface area (Å²) in [4.78, 5) is 10.9. The number of aromatic carboxylic acids is 1. The first-order chi connectivity index (χ1) is 13.1. The van der Waals surface area contributed by atoms with Crippen LogP contribution in [-0.2, 0) is 10.0 Å². The third-order valence-electron chi connectivity index (χ3n) is 3.74. The predicted octanol–water partition coefficient (Wildman–Crippen LogP) is 4.23. The number of phenols is 2. The Morgan fingerprint density at radius 3 is 2.50 bits per heavy atom. The standard InChI is InChI=1S/C17H11BrFNO6S2/c18-9-1-2-12(21)13(5-9)28(25,26)20-11-6-10(8-3-4-27-7-8)15(19)14(16(11)22)17(23)24/h1-7,20-22H,(H,23,24). The van der Waals surface area contributed by atoms with Crippen molar-refractivity contribution in [3.05, 3.63) is 56.9 Å². The van der Waals surface area contributed by atoms with Crippen LogP contribution in [0.2, 0.25) is 0 Å². The Hall–Kier alpha value is -2.63. The monoisotopic (exact) mass is 487 g/mol. The molecule has 1 aromatic heterocycles. The van der Waals surface area contributed by atoms with Crippen LogP contribution in [0.25, 0.3) is 11.1 Å². The summed E-state index contributed by atoms with van der Waals surface area (Å²) in [7, 11) is -4.43. The van der Waals surface area contributed by atoms with Crippen LogP contribution in [0.1, 0.15) is 10.4 Å². The number of aromatic hydroxyl groups is 2. The summed E-state index contributed by atoms with van der Waals surface area (Å²) in [6, 6.07) is 6.19. The molecule has 0 amide bonds. The summed E-state index contributed by atoms with van der Waals surface area (Å²) in [6.45, 7) is 0. The quantitative estimate of drug-likeness (QED) is 0.399. The molecule has 3 rings (SSSR count). The van der Waals surface area contributed by atoms with Gasteiger partial charge in [-0.05, 0) is 46.7 Å². The smallest absolute Gasteiger partial charge is 0.342 e. The number of carbonyl (C=O) groups is 1. The van der Waals surface area contributed by atoms with E-state index in [1.807, 2.05) is 4.72 Å². The molecule has 0 unspecified atom stereocenters. The number of halogens is 2. The molecule has 146 valence electrons. The van der Waals surface area contributed by atoms with E-state index < -0.39 is 49.5 Å². The molecule has 0 saturated carbocycles. The summed E-state index contributed by atoms with van der Waals surface area (Å²) in [6.07, 6.45) is 0. The van der Waals surface area contributed by atoms with E-state index in [1.54, 1.807) is 10.8 Å². The van der Waals surface area contributed by atoms with Crippen LogP contribution in [0.3, 0.4) is 0 Å². The summed E-state index contributed by atoms with van der Waals surface area (Å²) >= 11 is 4.32. The molecule has 0 radical (unpaired) electrons. The van der Waals surface area contributed by atoms with Crippen molar-refractivity contribution in [2.75, 3.05) is 4.72 Å². The summed E-state index contributed by atoms with van der Waals surface area (Å²) in [5, 5.41) is 32.5. The van der Waals surface area contributed by atoms with Gasteiger partial charge in [0.25, 0.3) is 10.0 Å². The van der Waals surface area contributed by atoms with Gasteiger partial charge in [0.15, 0.2) is 5.75 Å². The number of nitrogens with one attached hydrogen (secondary N) is 1. The number of hydrogen-bond donors (Lipinski definition) is 4. The van der Waals surface area contributed by atoms with E-state index >= 15 is 0 Å². The Morgan fingerprint density at radius 1 is 1.18 bits per heavy atom. The number of sulfonamides is 1. The van der Waals surface area contributed by atoms with Crippen LogP contribution in [0.4, 0.5) is 10.1 Å². The van der Waals surface area contributed by atoms with Crippen molar-refractivity contribution in [1.29, 1.82) is 0 Å². The Morgan fingerprint density at radius 2 is 1.89 bits per heavy atom. The van der Waals surface area contributed by atoms with Crippen molar-refractivity contribution in [2.45, 2.75) is 4.90 Å². The van der Waals surface area contributed by atoms with Gasteiger partial charge in [0.05, 0.1) is 5.69 Å². The molecule has 0 spiro atoms. The SMILES string of the molecule is O=C(O)c1c(O)c(NS(=O)(=O)c2cc(Br)ccc2O)cc(-c2ccsc2)c1F. The van der Waals surface area contributed by atoms with Gasteiger partial charge in [0.1, 0.15) is 22.0 Å². The summed E-state index contributed by atoms with van der Waals surface area (Å²) in [5.74, 6) is -4.61. The minimum absolute atomic E-state index is 0.201. The fraction of sp³-hybridized carbons (Fsp3) is 0. The number of thiophene rings is 1. The van der Waals surface area contributed by atoms with E-state index in [9.17, 15) is 32.9 Å². The van der Waals surface area contributed by atoms with Gasteiger partial charge in [-0.15, -0.1) is 0 Å². The van der Waals surface area contributed by atoms with Gasteiger partial charge in [-0.1, -0.05) is 15.9 Å². The second-order valence-corrected chi connectivity index (χ2v) is 8.89. The van der Waals surface area contributed by atoms with Crippen LogP contribution in [0, 0.1) is 5.82 Å². The second kappa shape index (κ2) is 7.41. The minimum Gasteiger partial charge on any atom is -0.507 e. The number of phenolic OH excluding ortho intramolecular Hbond substituents is 1. The highest BCUT2D eigenvalue weighted by Crippen LogP contribution is 2.39. The molecule has 0 aliphatic rings. The van der Waals surface area contributed by atoms with Gasteiger partial charge in [-0.25, -0.2) is 17.6 Å². The first kappa shape index (κ1) is 20.1. The van der Waals surface area contributed by atoms with Crippen molar-refractivity contribution in [3.63, 3.8) is 0 Å². The Bertz CT molecular complexity index is 1180. The molecule has 0 bridgehead atoms. The third-order valence-corrected chi connectivity index (χ3v) is 6.31. The van der Waals surface area contributed by atoms with E-state index in [1.165, 1.54) is 23.5 Å². The average Bonchev–Trinajstić information content (AvgIpc) is 3.13. The molecular formula is C17H11BrFNO6S2. The molecule has 4 N–H and O–H groups in total. The first-order valence-electron chi connectivity index (χ1n) is 7.44. The lowest BCUT2D eigenvalue weighted by atomic mass is 10.0. The molecular weight excluding hydrogens is 477 g/mol. The van der Waals surface area contributed by atoms with E-state index in [0.29, 0.717) is 10.0 Å². The zero-order valence-corrected chi connectivity index (χ0v) is 16.9. The van der Waals surface area contributed by atoms with Crippen LogP contribution in [0.5, 0.6) is 11.5 Å². The molecule has 1 heterocycles. The second-order valence-electron chi connectivity index (χ2n) is 5.54. The van der Waals surface area contributed by atoms with Gasteiger partial charge < -0.3 is 15.3 Å². The molecule has 2 aromatic carbocycles. The highest BCUT2D eigenvalue weighted by molar-refractivity contribution is 9.10. The van der Waals surface area contributed by atoms with Gasteiger partial charge in [0, 0.05) is 10.0 Å². The highest BCUT2D eigenvalue weighted by Gasteiger charge is 2.27. The lowest BCUT2D eigenvalue weighted by Gasteiger charge is -2.15. The van der Waals surface area contributed by atoms with E-state index in [0.717, 1.165) is 18.2 Å². The molecule has 0 aliphatic heterocycles. The number of benzene rings is 2. The normalized spacial score (nSPS) is 11.4. The number of carboxylic acid groups (broad SMARTS) is 1. The Kier molecular flexibility index (Phi) is 5.33. The maximum atomic E-state index is 14.6.